The molecule has 2 rings (SSSR count). The minimum Gasteiger partial charge on any atom is -0.469 e. The van der Waals surface area contributed by atoms with Crippen molar-refractivity contribution in [2.24, 2.45) is 4.99 Å². The van der Waals surface area contributed by atoms with Gasteiger partial charge in [0.2, 0.25) is 5.56 Å². The molecule has 0 spiro atoms. The molecule has 6 nitrogen and oxygen atoms in total. The van der Waals surface area contributed by atoms with E-state index >= 15 is 0 Å². The van der Waals surface area contributed by atoms with E-state index in [1.165, 1.54) is 0 Å². The van der Waals surface area contributed by atoms with Crippen molar-refractivity contribution in [3.8, 4) is 0 Å². The highest BCUT2D eigenvalue weighted by atomic mass is 127. The van der Waals surface area contributed by atoms with Gasteiger partial charge in [0.05, 0.1) is 6.26 Å². The zero-order valence-electron chi connectivity index (χ0n) is 14.6. The van der Waals surface area contributed by atoms with Crippen LogP contribution in [0.5, 0.6) is 0 Å². The van der Waals surface area contributed by atoms with E-state index in [2.05, 4.69) is 15.6 Å². The number of aromatic nitrogens is 1. The smallest absolute Gasteiger partial charge is 0.250 e. The number of aliphatic imine (C=N–C) groups is 1. The predicted octanol–water partition coefficient (Wildman–Crippen LogP) is 2.64. The highest BCUT2D eigenvalue weighted by Gasteiger charge is 1.99. The number of guanidine groups is 1. The molecule has 2 heterocycles. The van der Waals surface area contributed by atoms with Crippen LogP contribution in [-0.2, 0) is 13.0 Å². The van der Waals surface area contributed by atoms with Crippen molar-refractivity contribution in [3.63, 3.8) is 0 Å². The van der Waals surface area contributed by atoms with E-state index in [1.807, 2.05) is 31.3 Å². The minimum absolute atomic E-state index is 0. The van der Waals surface area contributed by atoms with Gasteiger partial charge in [-0.2, -0.15) is 0 Å². The van der Waals surface area contributed by atoms with Crippen LogP contribution in [0.15, 0.2) is 57.0 Å². The quantitative estimate of drug-likeness (QED) is 0.262. The van der Waals surface area contributed by atoms with Gasteiger partial charge in [0, 0.05) is 44.9 Å². The second-order valence-corrected chi connectivity index (χ2v) is 5.46. The Morgan fingerprint density at radius 3 is 2.80 bits per heavy atom. The summed E-state index contributed by atoms with van der Waals surface area (Å²) in [4.78, 5) is 16.2. The summed E-state index contributed by atoms with van der Waals surface area (Å²) >= 11 is 0. The number of pyridine rings is 1. The lowest BCUT2D eigenvalue weighted by Crippen LogP contribution is -2.38. The van der Waals surface area contributed by atoms with Crippen LogP contribution in [0.25, 0.3) is 0 Å². The number of nitrogens with one attached hydrogen (secondary N) is 2. The topological polar surface area (TPSA) is 71.6 Å². The van der Waals surface area contributed by atoms with Crippen LogP contribution < -0.4 is 16.2 Å². The van der Waals surface area contributed by atoms with E-state index < -0.39 is 0 Å². The fraction of sp³-hybridized carbons (Fsp3) is 0.444. The zero-order chi connectivity index (χ0) is 17.0. The molecule has 0 atom stereocenters. The third kappa shape index (κ3) is 8.24. The lowest BCUT2D eigenvalue weighted by atomic mass is 10.3. The normalized spacial score (nSPS) is 11.0. The lowest BCUT2D eigenvalue weighted by molar-refractivity contribution is 0.506. The first-order valence-electron chi connectivity index (χ1n) is 8.49. The summed E-state index contributed by atoms with van der Waals surface area (Å²) < 4.78 is 7.04. The summed E-state index contributed by atoms with van der Waals surface area (Å²) in [6.45, 7) is 5.12. The van der Waals surface area contributed by atoms with Crippen molar-refractivity contribution in [2.45, 2.75) is 32.7 Å². The molecule has 0 saturated carbocycles. The van der Waals surface area contributed by atoms with E-state index in [9.17, 15) is 4.79 Å². The zero-order valence-corrected chi connectivity index (χ0v) is 16.9. The van der Waals surface area contributed by atoms with Crippen LogP contribution in [0.1, 0.15) is 25.5 Å². The molecule has 138 valence electrons. The van der Waals surface area contributed by atoms with Crippen molar-refractivity contribution in [1.82, 2.24) is 15.2 Å². The average Bonchev–Trinajstić information content (AvgIpc) is 3.09. The molecular weight excluding hydrogens is 431 g/mol. The Kier molecular flexibility index (Phi) is 10.7. The van der Waals surface area contributed by atoms with Crippen LogP contribution in [0.3, 0.4) is 0 Å². The third-order valence-electron chi connectivity index (χ3n) is 3.56. The second-order valence-electron chi connectivity index (χ2n) is 5.46. The molecule has 0 amide bonds. The van der Waals surface area contributed by atoms with Gasteiger partial charge in [-0.05, 0) is 38.0 Å². The van der Waals surface area contributed by atoms with Gasteiger partial charge < -0.3 is 19.6 Å². The molecule has 2 N–H and O–H groups in total. The SMILES string of the molecule is CCNC(=NCCCCn1ccccc1=O)NCCc1ccco1.I. The molecular formula is C18H27IN4O2. The maximum Gasteiger partial charge on any atom is 0.250 e. The fourth-order valence-corrected chi connectivity index (χ4v) is 2.33. The van der Waals surface area contributed by atoms with Crippen molar-refractivity contribution >= 4 is 29.9 Å². The highest BCUT2D eigenvalue weighted by Crippen LogP contribution is 1.99. The van der Waals surface area contributed by atoms with E-state index in [4.69, 9.17) is 4.42 Å². The van der Waals surface area contributed by atoms with Gasteiger partial charge in [-0.3, -0.25) is 9.79 Å². The molecule has 25 heavy (non-hydrogen) atoms. The molecule has 0 unspecified atom stereocenters. The number of nitrogens with zero attached hydrogens (tertiary/aromatic N) is 2. The van der Waals surface area contributed by atoms with Crippen molar-refractivity contribution in [3.05, 3.63) is 58.9 Å². The van der Waals surface area contributed by atoms with Gasteiger partial charge in [-0.25, -0.2) is 0 Å². The third-order valence-corrected chi connectivity index (χ3v) is 3.56. The highest BCUT2D eigenvalue weighted by molar-refractivity contribution is 14.0. The van der Waals surface area contributed by atoms with Gasteiger partial charge in [-0.1, -0.05) is 6.07 Å². The number of furan rings is 1. The summed E-state index contributed by atoms with van der Waals surface area (Å²) in [6.07, 6.45) is 6.21. The van der Waals surface area contributed by atoms with Gasteiger partial charge in [0.1, 0.15) is 5.76 Å². The molecule has 0 aliphatic heterocycles. The summed E-state index contributed by atoms with van der Waals surface area (Å²) in [7, 11) is 0. The number of hydrogen-bond acceptors (Lipinski definition) is 3. The molecule has 0 aliphatic rings. The number of aryl methyl sites for hydroxylation is 1. The summed E-state index contributed by atoms with van der Waals surface area (Å²) in [5.74, 6) is 1.78. The monoisotopic (exact) mass is 458 g/mol. The Morgan fingerprint density at radius 1 is 1.20 bits per heavy atom. The standard InChI is InChI=1S/C18H26N4O2.HI/c1-2-19-18(21-12-10-16-8-7-15-24-16)20-11-4-6-14-22-13-5-3-9-17(22)23;/h3,5,7-9,13,15H,2,4,6,10-12,14H2,1H3,(H2,19,20,21);1H. The molecule has 0 radical (unpaired) electrons. The van der Waals surface area contributed by atoms with Gasteiger partial charge in [0.15, 0.2) is 5.96 Å². The number of unbranched alkanes of at least 4 members (excludes halogenated alkanes) is 1. The number of rotatable bonds is 9. The van der Waals surface area contributed by atoms with Crippen LogP contribution in [0, 0.1) is 0 Å². The van der Waals surface area contributed by atoms with Crippen LogP contribution in [0.4, 0.5) is 0 Å². The lowest BCUT2D eigenvalue weighted by Gasteiger charge is -2.10. The van der Waals surface area contributed by atoms with Crippen molar-refractivity contribution in [2.75, 3.05) is 19.6 Å². The van der Waals surface area contributed by atoms with Crippen molar-refractivity contribution in [1.29, 1.82) is 0 Å². The van der Waals surface area contributed by atoms with Gasteiger partial charge in [0.25, 0.3) is 0 Å². The molecule has 7 heteroatoms. The van der Waals surface area contributed by atoms with Gasteiger partial charge >= 0.3 is 0 Å². The minimum atomic E-state index is 0. The van der Waals surface area contributed by atoms with Crippen LogP contribution in [-0.4, -0.2) is 30.2 Å². The van der Waals surface area contributed by atoms with E-state index in [-0.39, 0.29) is 29.5 Å². The summed E-state index contributed by atoms with van der Waals surface area (Å²) in [5.41, 5.74) is 0.0499. The van der Waals surface area contributed by atoms with Crippen molar-refractivity contribution < 1.29 is 4.42 Å². The molecule has 0 bridgehead atoms. The van der Waals surface area contributed by atoms with E-state index in [0.717, 1.165) is 57.2 Å². The molecule has 2 aromatic rings. The largest absolute Gasteiger partial charge is 0.469 e. The Hall–Kier alpha value is -1.77. The first kappa shape index (κ1) is 21.3. The Balaban J connectivity index is 0.00000312. The van der Waals surface area contributed by atoms with Gasteiger partial charge in [-0.15, -0.1) is 24.0 Å². The Morgan fingerprint density at radius 2 is 2.08 bits per heavy atom. The first-order valence-corrected chi connectivity index (χ1v) is 8.49. The number of halogens is 1. The molecule has 0 aromatic carbocycles. The number of hydrogen-bond donors (Lipinski definition) is 2. The predicted molar refractivity (Wildman–Crippen MR) is 112 cm³/mol. The maximum absolute atomic E-state index is 11.6. The molecule has 0 fully saturated rings. The first-order chi connectivity index (χ1) is 11.8. The Labute approximate surface area is 165 Å². The molecule has 0 saturated heterocycles. The van der Waals surface area contributed by atoms with E-state index in [0.29, 0.717) is 0 Å². The van der Waals surface area contributed by atoms with E-state index in [1.54, 1.807) is 23.0 Å². The molecule has 2 aromatic heterocycles. The average molecular weight is 458 g/mol. The maximum atomic E-state index is 11.6. The fourth-order valence-electron chi connectivity index (χ4n) is 2.33. The second kappa shape index (κ2) is 12.6. The van der Waals surface area contributed by atoms with Crippen LogP contribution >= 0.6 is 24.0 Å². The summed E-state index contributed by atoms with van der Waals surface area (Å²) in [5, 5.41) is 6.53. The van der Waals surface area contributed by atoms with Crippen LogP contribution in [0.2, 0.25) is 0 Å². The summed E-state index contributed by atoms with van der Waals surface area (Å²) in [6, 6.07) is 9.10. The Bertz CT molecular complexity index is 668. The molecule has 0 aliphatic carbocycles.